The van der Waals surface area contributed by atoms with Gasteiger partial charge in [-0.1, -0.05) is 19.1 Å². The minimum Gasteiger partial charge on any atom is -0.369 e. The lowest BCUT2D eigenvalue weighted by Crippen LogP contribution is -2.08. The molecule has 0 spiro atoms. The summed E-state index contributed by atoms with van der Waals surface area (Å²) in [6, 6.07) is 8.75. The van der Waals surface area contributed by atoms with Crippen molar-refractivity contribution < 1.29 is 0 Å². The number of hydrogen-bond donors (Lipinski definition) is 1. The Hall–Kier alpha value is -1.51. The Balaban J connectivity index is 2.12. The van der Waals surface area contributed by atoms with Gasteiger partial charge in [0.2, 0.25) is 5.95 Å². The van der Waals surface area contributed by atoms with Crippen LogP contribution in [0.4, 0.5) is 5.95 Å². The second-order valence-corrected chi connectivity index (χ2v) is 4.90. The number of fused-ring (bicyclic) bond motifs is 1. The number of anilines is 1. The average Bonchev–Trinajstić information content (AvgIpc) is 2.80. The quantitative estimate of drug-likeness (QED) is 0.794. The van der Waals surface area contributed by atoms with Gasteiger partial charge in [-0.15, -0.1) is 0 Å². The first-order valence-electron chi connectivity index (χ1n) is 5.98. The van der Waals surface area contributed by atoms with Crippen LogP contribution in [0.3, 0.4) is 0 Å². The summed E-state index contributed by atoms with van der Waals surface area (Å²) < 4.78 is 2.22. The Morgan fingerprint density at radius 3 is 2.88 bits per heavy atom. The zero-order valence-corrected chi connectivity index (χ0v) is 9.56. The number of hydrogen-bond acceptors (Lipinski definition) is 2. The van der Waals surface area contributed by atoms with E-state index in [9.17, 15) is 0 Å². The molecule has 1 aliphatic carbocycles. The summed E-state index contributed by atoms with van der Waals surface area (Å²) in [5, 5.41) is 0. The molecule has 1 aliphatic rings. The van der Waals surface area contributed by atoms with E-state index >= 15 is 0 Å². The number of nitrogen functional groups attached to an aromatic ring is 1. The van der Waals surface area contributed by atoms with Crippen LogP contribution in [0.1, 0.15) is 32.2 Å². The van der Waals surface area contributed by atoms with Crippen LogP contribution < -0.4 is 5.73 Å². The second kappa shape index (κ2) is 3.51. The van der Waals surface area contributed by atoms with Crippen molar-refractivity contribution in [2.45, 2.75) is 32.2 Å². The first kappa shape index (κ1) is 9.70. The third-order valence-electron chi connectivity index (χ3n) is 3.66. The van der Waals surface area contributed by atoms with E-state index in [0.29, 0.717) is 12.0 Å². The minimum absolute atomic E-state index is 0.544. The number of rotatable bonds is 1. The number of nitrogens with two attached hydrogens (primary N) is 1. The van der Waals surface area contributed by atoms with Gasteiger partial charge in [0, 0.05) is 6.04 Å². The highest BCUT2D eigenvalue weighted by molar-refractivity contribution is 5.78. The van der Waals surface area contributed by atoms with Crippen molar-refractivity contribution in [1.82, 2.24) is 9.55 Å². The summed E-state index contributed by atoms with van der Waals surface area (Å²) in [6.45, 7) is 2.31. The number of para-hydroxylation sites is 2. The lowest BCUT2D eigenvalue weighted by molar-refractivity contribution is 0.510. The maximum atomic E-state index is 6.03. The van der Waals surface area contributed by atoms with Gasteiger partial charge >= 0.3 is 0 Å². The van der Waals surface area contributed by atoms with Crippen LogP contribution in [0.5, 0.6) is 0 Å². The largest absolute Gasteiger partial charge is 0.369 e. The Kier molecular flexibility index (Phi) is 2.13. The fourth-order valence-corrected chi connectivity index (χ4v) is 2.86. The molecule has 1 aromatic carbocycles. The van der Waals surface area contributed by atoms with E-state index in [1.165, 1.54) is 24.8 Å². The molecule has 0 bridgehead atoms. The molecule has 84 valence electrons. The lowest BCUT2D eigenvalue weighted by Gasteiger charge is -2.14. The molecule has 0 radical (unpaired) electrons. The van der Waals surface area contributed by atoms with Gasteiger partial charge < -0.3 is 10.3 Å². The fraction of sp³-hybridized carbons (Fsp3) is 0.462. The molecule has 1 aromatic heterocycles. The Bertz CT molecular complexity index is 515. The highest BCUT2D eigenvalue weighted by Gasteiger charge is 2.25. The second-order valence-electron chi connectivity index (χ2n) is 4.90. The molecule has 2 N–H and O–H groups in total. The van der Waals surface area contributed by atoms with Crippen molar-refractivity contribution in [3.8, 4) is 0 Å². The smallest absolute Gasteiger partial charge is 0.201 e. The van der Waals surface area contributed by atoms with Gasteiger partial charge in [0.1, 0.15) is 0 Å². The summed E-state index contributed by atoms with van der Waals surface area (Å²) in [4.78, 5) is 4.42. The molecule has 16 heavy (non-hydrogen) atoms. The van der Waals surface area contributed by atoms with Gasteiger partial charge in [0.15, 0.2) is 0 Å². The van der Waals surface area contributed by atoms with Crippen LogP contribution in [-0.2, 0) is 0 Å². The van der Waals surface area contributed by atoms with Gasteiger partial charge in [0.05, 0.1) is 11.0 Å². The average molecular weight is 215 g/mol. The van der Waals surface area contributed by atoms with Crippen molar-refractivity contribution >= 4 is 17.0 Å². The lowest BCUT2D eigenvalue weighted by atomic mass is 10.1. The van der Waals surface area contributed by atoms with E-state index in [1.54, 1.807) is 0 Å². The molecule has 0 aliphatic heterocycles. The first-order valence-corrected chi connectivity index (χ1v) is 5.98. The zero-order valence-electron chi connectivity index (χ0n) is 9.56. The third-order valence-corrected chi connectivity index (χ3v) is 3.66. The van der Waals surface area contributed by atoms with E-state index in [0.717, 1.165) is 11.4 Å². The molecule has 2 atom stereocenters. The summed E-state index contributed by atoms with van der Waals surface area (Å²) >= 11 is 0. The molecular formula is C13H17N3. The Labute approximate surface area is 95.3 Å². The number of nitrogens with zero attached hydrogens (tertiary/aromatic N) is 2. The highest BCUT2D eigenvalue weighted by Crippen LogP contribution is 2.37. The minimum atomic E-state index is 0.544. The van der Waals surface area contributed by atoms with Gasteiger partial charge in [-0.2, -0.15) is 0 Å². The van der Waals surface area contributed by atoms with Gasteiger partial charge in [-0.3, -0.25) is 0 Å². The van der Waals surface area contributed by atoms with Crippen LogP contribution in [0.15, 0.2) is 24.3 Å². The van der Waals surface area contributed by atoms with Crippen molar-refractivity contribution in [2.24, 2.45) is 5.92 Å². The van der Waals surface area contributed by atoms with E-state index in [-0.39, 0.29) is 0 Å². The number of imidazole rings is 1. The Morgan fingerprint density at radius 1 is 1.31 bits per heavy atom. The molecular weight excluding hydrogens is 198 g/mol. The monoisotopic (exact) mass is 215 g/mol. The molecule has 3 nitrogen and oxygen atoms in total. The topological polar surface area (TPSA) is 43.8 Å². The molecule has 3 rings (SSSR count). The van der Waals surface area contributed by atoms with Crippen LogP contribution in [0, 0.1) is 5.92 Å². The molecule has 2 aromatic rings. The van der Waals surface area contributed by atoms with Crippen molar-refractivity contribution in [3.63, 3.8) is 0 Å². The molecule has 1 saturated carbocycles. The van der Waals surface area contributed by atoms with Gasteiger partial charge in [-0.25, -0.2) is 4.98 Å². The maximum Gasteiger partial charge on any atom is 0.201 e. The highest BCUT2D eigenvalue weighted by atomic mass is 15.2. The van der Waals surface area contributed by atoms with Crippen LogP contribution in [0.25, 0.3) is 11.0 Å². The maximum absolute atomic E-state index is 6.03. The number of benzene rings is 1. The standard InChI is InChI=1S/C13H17N3/c1-9-6-7-10(8-9)16-12-5-3-2-4-11(12)15-13(16)14/h2-5,9-10H,6-8H2,1H3,(H2,14,15). The van der Waals surface area contributed by atoms with E-state index in [4.69, 9.17) is 5.73 Å². The fourth-order valence-electron chi connectivity index (χ4n) is 2.86. The Morgan fingerprint density at radius 2 is 2.12 bits per heavy atom. The van der Waals surface area contributed by atoms with Crippen LogP contribution in [0.2, 0.25) is 0 Å². The van der Waals surface area contributed by atoms with E-state index in [1.807, 2.05) is 12.1 Å². The summed E-state index contributed by atoms with van der Waals surface area (Å²) in [5.41, 5.74) is 8.22. The predicted octanol–water partition coefficient (Wildman–Crippen LogP) is 2.98. The van der Waals surface area contributed by atoms with Crippen molar-refractivity contribution in [1.29, 1.82) is 0 Å². The summed E-state index contributed by atoms with van der Waals surface area (Å²) in [5.74, 6) is 1.48. The molecule has 0 saturated heterocycles. The van der Waals surface area contributed by atoms with Gasteiger partial charge in [0.25, 0.3) is 0 Å². The van der Waals surface area contributed by atoms with E-state index in [2.05, 4.69) is 28.6 Å². The van der Waals surface area contributed by atoms with Gasteiger partial charge in [-0.05, 0) is 37.3 Å². The van der Waals surface area contributed by atoms with Crippen LogP contribution >= 0.6 is 0 Å². The SMILES string of the molecule is CC1CCC(n2c(N)nc3ccccc32)C1. The molecule has 2 unspecified atom stereocenters. The molecule has 0 amide bonds. The van der Waals surface area contributed by atoms with Crippen LogP contribution in [-0.4, -0.2) is 9.55 Å². The molecule has 3 heteroatoms. The molecule has 1 fully saturated rings. The molecule has 1 heterocycles. The van der Waals surface area contributed by atoms with Crippen molar-refractivity contribution in [3.05, 3.63) is 24.3 Å². The summed E-state index contributed by atoms with van der Waals surface area (Å²) in [6.07, 6.45) is 3.76. The van der Waals surface area contributed by atoms with Crippen molar-refractivity contribution in [2.75, 3.05) is 5.73 Å². The normalized spacial score (nSPS) is 25.3. The first-order chi connectivity index (χ1) is 7.75. The summed E-state index contributed by atoms with van der Waals surface area (Å²) in [7, 11) is 0. The van der Waals surface area contributed by atoms with E-state index < -0.39 is 0 Å². The zero-order chi connectivity index (χ0) is 11.1. The number of aromatic nitrogens is 2. The third kappa shape index (κ3) is 1.39. The predicted molar refractivity (Wildman–Crippen MR) is 66.2 cm³/mol.